The predicted molar refractivity (Wildman–Crippen MR) is 66.0 cm³/mol. The highest BCUT2D eigenvalue weighted by molar-refractivity contribution is 5.89. The number of benzene rings is 1. The molecule has 0 aliphatic carbocycles. The van der Waals surface area contributed by atoms with E-state index in [9.17, 15) is 9.90 Å². The molecule has 4 heteroatoms. The average Bonchev–Trinajstić information content (AvgIpc) is 2.34. The van der Waals surface area contributed by atoms with E-state index in [0.29, 0.717) is 5.56 Å². The molecule has 18 heavy (non-hydrogen) atoms. The van der Waals surface area contributed by atoms with Crippen LogP contribution in [0.5, 0.6) is 0 Å². The molecule has 1 aromatic rings. The van der Waals surface area contributed by atoms with E-state index in [-0.39, 0.29) is 12.0 Å². The van der Waals surface area contributed by atoms with Gasteiger partial charge in [-0.15, -0.1) is 0 Å². The average molecular weight is 250 g/mol. The first kappa shape index (κ1) is 13.1. The maximum atomic E-state index is 11.9. The molecule has 0 radical (unpaired) electrons. The summed E-state index contributed by atoms with van der Waals surface area (Å²) < 4.78 is 10.6. The molecule has 1 N–H and O–H groups in total. The van der Waals surface area contributed by atoms with E-state index in [4.69, 9.17) is 9.47 Å². The monoisotopic (exact) mass is 250 g/mol. The van der Waals surface area contributed by atoms with E-state index in [2.05, 4.69) is 0 Å². The minimum Gasteiger partial charge on any atom is -0.453 e. The van der Waals surface area contributed by atoms with Crippen molar-refractivity contribution in [2.45, 2.75) is 38.8 Å². The van der Waals surface area contributed by atoms with Crippen LogP contribution >= 0.6 is 0 Å². The van der Waals surface area contributed by atoms with Crippen LogP contribution in [0.25, 0.3) is 0 Å². The molecule has 1 aromatic carbocycles. The van der Waals surface area contributed by atoms with Crippen LogP contribution < -0.4 is 0 Å². The summed E-state index contributed by atoms with van der Waals surface area (Å²) in [4.78, 5) is 11.9. The molecule has 0 saturated carbocycles. The van der Waals surface area contributed by atoms with Crippen molar-refractivity contribution in [3.8, 4) is 0 Å². The first-order valence-corrected chi connectivity index (χ1v) is 6.17. The third-order valence-corrected chi connectivity index (χ3v) is 3.17. The Morgan fingerprint density at radius 2 is 2.00 bits per heavy atom. The number of ether oxygens (including phenoxy) is 2. The number of esters is 1. The minimum atomic E-state index is -1.04. The normalized spacial score (nSPS) is 31.9. The molecule has 1 aliphatic rings. The van der Waals surface area contributed by atoms with Gasteiger partial charge in [0.2, 0.25) is 0 Å². The number of hydrogen-bond acceptors (Lipinski definition) is 4. The van der Waals surface area contributed by atoms with Gasteiger partial charge >= 0.3 is 5.97 Å². The molecule has 0 spiro atoms. The maximum Gasteiger partial charge on any atom is 0.338 e. The van der Waals surface area contributed by atoms with E-state index in [1.807, 2.05) is 19.9 Å². The Hall–Kier alpha value is -1.39. The third kappa shape index (κ3) is 2.89. The summed E-state index contributed by atoms with van der Waals surface area (Å²) in [5, 5.41) is 9.81. The summed E-state index contributed by atoms with van der Waals surface area (Å²) >= 11 is 0. The van der Waals surface area contributed by atoms with Gasteiger partial charge < -0.3 is 14.6 Å². The fourth-order valence-corrected chi connectivity index (χ4v) is 2.25. The lowest BCUT2D eigenvalue weighted by Gasteiger charge is -2.36. The van der Waals surface area contributed by atoms with Crippen LogP contribution in [-0.4, -0.2) is 29.6 Å². The molecular formula is C14H18O4. The van der Waals surface area contributed by atoms with Crippen molar-refractivity contribution in [2.24, 2.45) is 5.92 Å². The summed E-state index contributed by atoms with van der Waals surface area (Å²) in [6, 6.07) is 8.75. The Morgan fingerprint density at radius 1 is 1.33 bits per heavy atom. The van der Waals surface area contributed by atoms with Crippen molar-refractivity contribution in [1.82, 2.24) is 0 Å². The van der Waals surface area contributed by atoms with Crippen molar-refractivity contribution in [2.75, 3.05) is 0 Å². The zero-order chi connectivity index (χ0) is 13.1. The highest BCUT2D eigenvalue weighted by atomic mass is 16.6. The molecule has 1 fully saturated rings. The number of aliphatic hydroxyl groups excluding tert-OH is 1. The summed E-state index contributed by atoms with van der Waals surface area (Å²) in [5.41, 5.74) is 0.482. The lowest BCUT2D eigenvalue weighted by Crippen LogP contribution is -2.45. The van der Waals surface area contributed by atoms with Crippen LogP contribution in [0, 0.1) is 5.92 Å². The molecule has 0 aromatic heterocycles. The fraction of sp³-hybridized carbons (Fsp3) is 0.500. The van der Waals surface area contributed by atoms with Gasteiger partial charge in [0.15, 0.2) is 12.4 Å². The van der Waals surface area contributed by atoms with Crippen LogP contribution in [0.4, 0.5) is 0 Å². The zero-order valence-corrected chi connectivity index (χ0v) is 10.6. The number of aliphatic hydroxyl groups is 1. The molecule has 4 atom stereocenters. The Morgan fingerprint density at radius 3 is 2.61 bits per heavy atom. The lowest BCUT2D eigenvalue weighted by atomic mass is 9.94. The van der Waals surface area contributed by atoms with E-state index in [1.165, 1.54) is 0 Å². The zero-order valence-electron chi connectivity index (χ0n) is 10.6. The predicted octanol–water partition coefficient (Wildman–Crippen LogP) is 1.98. The molecule has 1 aliphatic heterocycles. The van der Waals surface area contributed by atoms with Crippen LogP contribution in [0.2, 0.25) is 0 Å². The molecule has 0 amide bonds. The molecule has 2 rings (SSSR count). The molecule has 98 valence electrons. The van der Waals surface area contributed by atoms with Crippen molar-refractivity contribution in [3.05, 3.63) is 35.9 Å². The minimum absolute atomic E-state index is 0.0123. The fourth-order valence-electron chi connectivity index (χ4n) is 2.25. The van der Waals surface area contributed by atoms with Gasteiger partial charge in [0.25, 0.3) is 0 Å². The molecular weight excluding hydrogens is 232 g/mol. The SMILES string of the molecule is C[C@@H]1C[C@H](C)[C@@H](OC(=O)c2ccccc2)[C@H](O)O1. The summed E-state index contributed by atoms with van der Waals surface area (Å²) in [5.74, 6) is -0.346. The van der Waals surface area contributed by atoms with Crippen molar-refractivity contribution in [3.63, 3.8) is 0 Å². The van der Waals surface area contributed by atoms with Crippen molar-refractivity contribution >= 4 is 5.97 Å². The van der Waals surface area contributed by atoms with Crippen LogP contribution in [-0.2, 0) is 9.47 Å². The highest BCUT2D eigenvalue weighted by Crippen LogP contribution is 2.26. The van der Waals surface area contributed by atoms with E-state index in [0.717, 1.165) is 6.42 Å². The van der Waals surface area contributed by atoms with Crippen molar-refractivity contribution in [1.29, 1.82) is 0 Å². The smallest absolute Gasteiger partial charge is 0.338 e. The van der Waals surface area contributed by atoms with Gasteiger partial charge in [-0.1, -0.05) is 25.1 Å². The molecule has 1 heterocycles. The largest absolute Gasteiger partial charge is 0.453 e. The lowest BCUT2D eigenvalue weighted by molar-refractivity contribution is -0.227. The second-order valence-corrected chi connectivity index (χ2v) is 4.79. The third-order valence-electron chi connectivity index (χ3n) is 3.17. The van der Waals surface area contributed by atoms with Gasteiger partial charge in [-0.25, -0.2) is 4.79 Å². The van der Waals surface area contributed by atoms with E-state index < -0.39 is 18.4 Å². The number of rotatable bonds is 2. The van der Waals surface area contributed by atoms with Crippen LogP contribution in [0.3, 0.4) is 0 Å². The van der Waals surface area contributed by atoms with Crippen LogP contribution in [0.15, 0.2) is 30.3 Å². The second kappa shape index (κ2) is 5.50. The van der Waals surface area contributed by atoms with Gasteiger partial charge in [-0.3, -0.25) is 0 Å². The molecule has 0 bridgehead atoms. The van der Waals surface area contributed by atoms with Gasteiger partial charge in [0.1, 0.15) is 0 Å². The molecule has 4 nitrogen and oxygen atoms in total. The standard InChI is InChI=1S/C14H18O4/c1-9-8-10(2)17-14(16)12(9)18-13(15)11-6-4-3-5-7-11/h3-7,9-10,12,14,16H,8H2,1-2H3/t9-,10+,12+,14+/m0/s1. The number of hydrogen-bond donors (Lipinski definition) is 1. The summed E-state index contributed by atoms with van der Waals surface area (Å²) in [6.45, 7) is 3.85. The van der Waals surface area contributed by atoms with Gasteiger partial charge in [0.05, 0.1) is 11.7 Å². The Balaban J connectivity index is 2.03. The summed E-state index contributed by atoms with van der Waals surface area (Å²) in [7, 11) is 0. The summed E-state index contributed by atoms with van der Waals surface area (Å²) in [6.07, 6.45) is -0.893. The van der Waals surface area contributed by atoms with Gasteiger partial charge in [-0.05, 0) is 25.5 Å². The quantitative estimate of drug-likeness (QED) is 0.815. The number of carbonyl (C=O) groups is 1. The Labute approximate surface area is 107 Å². The highest BCUT2D eigenvalue weighted by Gasteiger charge is 2.36. The van der Waals surface area contributed by atoms with E-state index in [1.54, 1.807) is 24.3 Å². The van der Waals surface area contributed by atoms with Crippen molar-refractivity contribution < 1.29 is 19.4 Å². The maximum absolute atomic E-state index is 11.9. The second-order valence-electron chi connectivity index (χ2n) is 4.79. The Kier molecular flexibility index (Phi) is 3.99. The van der Waals surface area contributed by atoms with Gasteiger partial charge in [-0.2, -0.15) is 0 Å². The first-order chi connectivity index (χ1) is 8.58. The topological polar surface area (TPSA) is 55.8 Å². The Bertz CT molecular complexity index is 392. The van der Waals surface area contributed by atoms with E-state index >= 15 is 0 Å². The van der Waals surface area contributed by atoms with Crippen LogP contribution in [0.1, 0.15) is 30.6 Å². The first-order valence-electron chi connectivity index (χ1n) is 6.17. The molecule has 1 saturated heterocycles. The molecule has 0 unspecified atom stereocenters. The van der Waals surface area contributed by atoms with Gasteiger partial charge in [0, 0.05) is 5.92 Å². The number of carbonyl (C=O) groups excluding carboxylic acids is 1.